The summed E-state index contributed by atoms with van der Waals surface area (Å²) < 4.78 is 5.31. The molecule has 0 bridgehead atoms. The van der Waals surface area contributed by atoms with Gasteiger partial charge in [0, 0.05) is 6.54 Å². The van der Waals surface area contributed by atoms with Crippen LogP contribution in [0.15, 0.2) is 0 Å². The Balaban J connectivity index is 2.91. The summed E-state index contributed by atoms with van der Waals surface area (Å²) in [4.78, 5) is 5.15. The summed E-state index contributed by atoms with van der Waals surface area (Å²) in [5.74, 6) is 0.573. The highest BCUT2D eigenvalue weighted by Gasteiger charge is 1.94. The summed E-state index contributed by atoms with van der Waals surface area (Å²) in [6, 6.07) is 0. The van der Waals surface area contributed by atoms with Crippen LogP contribution in [0.3, 0.4) is 0 Å². The molecule has 0 aromatic heterocycles. The molecule has 0 saturated heterocycles. The summed E-state index contributed by atoms with van der Waals surface area (Å²) >= 11 is 0. The molecule has 0 saturated carbocycles. The zero-order chi connectivity index (χ0) is 9.40. The normalized spacial score (nSPS) is 11.5. The molecule has 0 unspecified atom stereocenters. The Kier molecular flexibility index (Phi) is 7.45. The minimum Gasteiger partial charge on any atom is -0.377 e. The first-order chi connectivity index (χ1) is 5.63. The molecule has 12 heavy (non-hydrogen) atoms. The van der Waals surface area contributed by atoms with E-state index in [1.165, 1.54) is 0 Å². The Labute approximate surface area is 75.4 Å². The third-order valence-corrected chi connectivity index (χ3v) is 1.17. The average molecular weight is 175 g/mol. The van der Waals surface area contributed by atoms with Crippen molar-refractivity contribution in [2.24, 2.45) is 5.92 Å². The summed E-state index contributed by atoms with van der Waals surface area (Å²) in [5, 5.41) is 0. The van der Waals surface area contributed by atoms with E-state index >= 15 is 0 Å². The topological polar surface area (TPSA) is 30.5 Å². The van der Waals surface area contributed by atoms with Crippen LogP contribution in [0.4, 0.5) is 0 Å². The van der Waals surface area contributed by atoms with Crippen LogP contribution < -0.4 is 5.48 Å². The highest BCUT2D eigenvalue weighted by Crippen LogP contribution is 1.89. The van der Waals surface area contributed by atoms with Gasteiger partial charge in [0.2, 0.25) is 0 Å². The van der Waals surface area contributed by atoms with E-state index in [1.54, 1.807) is 0 Å². The van der Waals surface area contributed by atoms with Crippen LogP contribution in [-0.2, 0) is 9.57 Å². The zero-order valence-corrected chi connectivity index (χ0v) is 8.59. The first-order valence-electron chi connectivity index (χ1n) is 4.59. The summed E-state index contributed by atoms with van der Waals surface area (Å²) in [5.41, 5.74) is 2.85. The summed E-state index contributed by atoms with van der Waals surface area (Å²) in [6.45, 7) is 10.5. The Hall–Kier alpha value is -0.120. The molecule has 0 rings (SSSR count). The number of hydrogen-bond donors (Lipinski definition) is 1. The molecule has 0 atom stereocenters. The van der Waals surface area contributed by atoms with Crippen LogP contribution in [0.25, 0.3) is 0 Å². The van der Waals surface area contributed by atoms with Crippen molar-refractivity contribution < 1.29 is 9.57 Å². The van der Waals surface area contributed by atoms with Gasteiger partial charge in [-0.2, -0.15) is 0 Å². The van der Waals surface area contributed by atoms with E-state index in [2.05, 4.69) is 19.3 Å². The van der Waals surface area contributed by atoms with Gasteiger partial charge in [-0.3, -0.25) is 0 Å². The van der Waals surface area contributed by atoms with E-state index in [0.717, 1.165) is 13.2 Å². The van der Waals surface area contributed by atoms with Crippen molar-refractivity contribution in [3.8, 4) is 0 Å². The van der Waals surface area contributed by atoms with Gasteiger partial charge in [-0.25, -0.2) is 5.48 Å². The van der Waals surface area contributed by atoms with Gasteiger partial charge in [-0.15, -0.1) is 0 Å². The second-order valence-electron chi connectivity index (χ2n) is 3.52. The Morgan fingerprint density at radius 3 is 2.33 bits per heavy atom. The minimum atomic E-state index is 0.303. The molecule has 0 amide bonds. The molecular weight excluding hydrogens is 154 g/mol. The second kappa shape index (κ2) is 7.53. The van der Waals surface area contributed by atoms with Gasteiger partial charge in [0.15, 0.2) is 0 Å². The molecule has 74 valence electrons. The molecule has 0 aliphatic rings. The third kappa shape index (κ3) is 9.88. The molecule has 0 aliphatic carbocycles. The monoisotopic (exact) mass is 175 g/mol. The Morgan fingerprint density at radius 2 is 1.83 bits per heavy atom. The SMILES string of the molecule is CC(C)CONCCOC(C)C. The molecule has 1 N–H and O–H groups in total. The smallest absolute Gasteiger partial charge is 0.0705 e. The lowest BCUT2D eigenvalue weighted by molar-refractivity contribution is -0.00209. The molecule has 0 aliphatic heterocycles. The number of ether oxygens (including phenoxy) is 1. The maximum atomic E-state index is 5.31. The molecule has 0 aromatic rings. The van der Waals surface area contributed by atoms with Crippen molar-refractivity contribution in [1.29, 1.82) is 0 Å². The van der Waals surface area contributed by atoms with Crippen molar-refractivity contribution >= 4 is 0 Å². The third-order valence-electron chi connectivity index (χ3n) is 1.17. The lowest BCUT2D eigenvalue weighted by Gasteiger charge is -2.09. The molecular formula is C9H21NO2. The van der Waals surface area contributed by atoms with Gasteiger partial charge >= 0.3 is 0 Å². The van der Waals surface area contributed by atoms with E-state index in [4.69, 9.17) is 9.57 Å². The van der Waals surface area contributed by atoms with Crippen molar-refractivity contribution in [1.82, 2.24) is 5.48 Å². The summed E-state index contributed by atoms with van der Waals surface area (Å²) in [7, 11) is 0. The fourth-order valence-electron chi connectivity index (χ4n) is 0.634. The Bertz CT molecular complexity index is 82.5. The fourth-order valence-corrected chi connectivity index (χ4v) is 0.634. The minimum absolute atomic E-state index is 0.303. The lowest BCUT2D eigenvalue weighted by Crippen LogP contribution is -2.23. The van der Waals surface area contributed by atoms with Crippen LogP contribution >= 0.6 is 0 Å². The molecule has 3 heteroatoms. The predicted molar refractivity (Wildman–Crippen MR) is 49.9 cm³/mol. The van der Waals surface area contributed by atoms with Crippen molar-refractivity contribution in [2.45, 2.75) is 33.8 Å². The number of nitrogens with one attached hydrogen (secondary N) is 1. The van der Waals surface area contributed by atoms with E-state index in [0.29, 0.717) is 18.6 Å². The van der Waals surface area contributed by atoms with E-state index in [9.17, 15) is 0 Å². The van der Waals surface area contributed by atoms with Gasteiger partial charge < -0.3 is 9.57 Å². The zero-order valence-electron chi connectivity index (χ0n) is 8.59. The average Bonchev–Trinajstić information content (AvgIpc) is 1.95. The maximum absolute atomic E-state index is 5.31. The van der Waals surface area contributed by atoms with Gasteiger partial charge in [0.1, 0.15) is 0 Å². The number of rotatable bonds is 7. The fraction of sp³-hybridized carbons (Fsp3) is 1.00. The molecule has 0 aromatic carbocycles. The first-order valence-corrected chi connectivity index (χ1v) is 4.59. The number of hydrogen-bond acceptors (Lipinski definition) is 3. The molecule has 0 spiro atoms. The van der Waals surface area contributed by atoms with Gasteiger partial charge in [0.25, 0.3) is 0 Å². The maximum Gasteiger partial charge on any atom is 0.0705 e. The lowest BCUT2D eigenvalue weighted by atomic mass is 10.2. The van der Waals surface area contributed by atoms with Crippen molar-refractivity contribution in [2.75, 3.05) is 19.8 Å². The van der Waals surface area contributed by atoms with Crippen LogP contribution in [0.2, 0.25) is 0 Å². The largest absolute Gasteiger partial charge is 0.377 e. The van der Waals surface area contributed by atoms with Crippen LogP contribution in [0.5, 0.6) is 0 Å². The highest BCUT2D eigenvalue weighted by molar-refractivity contribution is 4.40. The van der Waals surface area contributed by atoms with Crippen LogP contribution in [0.1, 0.15) is 27.7 Å². The van der Waals surface area contributed by atoms with Crippen molar-refractivity contribution in [3.05, 3.63) is 0 Å². The van der Waals surface area contributed by atoms with Crippen LogP contribution in [-0.4, -0.2) is 25.9 Å². The molecule has 0 radical (unpaired) electrons. The quantitative estimate of drug-likeness (QED) is 0.471. The Morgan fingerprint density at radius 1 is 1.17 bits per heavy atom. The standard InChI is InChI=1S/C9H21NO2/c1-8(2)7-12-10-5-6-11-9(3)4/h8-10H,5-7H2,1-4H3. The van der Waals surface area contributed by atoms with E-state index < -0.39 is 0 Å². The summed E-state index contributed by atoms with van der Waals surface area (Å²) in [6.07, 6.45) is 0.303. The van der Waals surface area contributed by atoms with Crippen LogP contribution in [0, 0.1) is 5.92 Å². The molecule has 0 fully saturated rings. The molecule has 0 heterocycles. The van der Waals surface area contributed by atoms with E-state index in [-0.39, 0.29) is 0 Å². The van der Waals surface area contributed by atoms with E-state index in [1.807, 2.05) is 13.8 Å². The molecule has 3 nitrogen and oxygen atoms in total. The second-order valence-corrected chi connectivity index (χ2v) is 3.52. The van der Waals surface area contributed by atoms with Crippen molar-refractivity contribution in [3.63, 3.8) is 0 Å². The highest BCUT2D eigenvalue weighted by atomic mass is 16.6. The predicted octanol–water partition coefficient (Wildman–Crippen LogP) is 1.59. The first kappa shape index (κ1) is 11.9. The van der Waals surface area contributed by atoms with Gasteiger partial charge in [0.05, 0.1) is 19.3 Å². The van der Waals surface area contributed by atoms with Gasteiger partial charge in [-0.05, 0) is 19.8 Å². The number of hydroxylamine groups is 1. The van der Waals surface area contributed by atoms with Gasteiger partial charge in [-0.1, -0.05) is 13.8 Å².